The molecule has 0 spiro atoms. The number of phosphoric ester groups is 2. The molecule has 0 amide bonds. The molecule has 17 nitrogen and oxygen atoms in total. The molecule has 4 unspecified atom stereocenters. The van der Waals surface area contributed by atoms with Crippen molar-refractivity contribution in [1.29, 1.82) is 0 Å². The summed E-state index contributed by atoms with van der Waals surface area (Å²) in [7, 11) is -9.91. The summed E-state index contributed by atoms with van der Waals surface area (Å²) >= 11 is 0. The monoisotopic (exact) mass is 1350 g/mol. The van der Waals surface area contributed by atoms with E-state index in [0.29, 0.717) is 31.6 Å². The minimum absolute atomic E-state index is 0.101. The number of aliphatic hydroxyl groups is 1. The molecule has 0 rings (SSSR count). The lowest BCUT2D eigenvalue weighted by Crippen LogP contribution is -2.30. The van der Waals surface area contributed by atoms with Gasteiger partial charge < -0.3 is 33.8 Å². The number of ether oxygens (including phenoxy) is 4. The Bertz CT molecular complexity index is 1820. The number of rotatable bonds is 70. The number of esters is 4. The summed E-state index contributed by atoms with van der Waals surface area (Å²) in [5, 5.41) is 10.6. The molecule has 3 N–H and O–H groups in total. The summed E-state index contributed by atoms with van der Waals surface area (Å²) in [5.74, 6) is 0.888. The van der Waals surface area contributed by atoms with Gasteiger partial charge in [0.2, 0.25) is 0 Å². The fourth-order valence-corrected chi connectivity index (χ4v) is 12.5. The van der Waals surface area contributed by atoms with Crippen molar-refractivity contribution in [3.63, 3.8) is 0 Å². The van der Waals surface area contributed by atoms with E-state index in [1.165, 1.54) is 161 Å². The molecule has 546 valence electrons. The van der Waals surface area contributed by atoms with Crippen molar-refractivity contribution in [3.8, 4) is 0 Å². The third-order valence-corrected chi connectivity index (χ3v) is 19.4. The molecule has 0 heterocycles. The molecule has 0 fully saturated rings. The fraction of sp³-hybridized carbons (Fsp3) is 0.945. The van der Waals surface area contributed by atoms with E-state index in [0.717, 1.165) is 114 Å². The Morgan fingerprint density at radius 3 is 0.772 bits per heavy atom. The van der Waals surface area contributed by atoms with E-state index >= 15 is 0 Å². The molecule has 0 saturated carbocycles. The smallest absolute Gasteiger partial charge is 0.462 e. The van der Waals surface area contributed by atoms with Gasteiger partial charge in [-0.15, -0.1) is 0 Å². The summed E-state index contributed by atoms with van der Waals surface area (Å²) in [6.45, 7) is 14.1. The highest BCUT2D eigenvalue weighted by molar-refractivity contribution is 7.47. The summed E-state index contributed by atoms with van der Waals surface area (Å²) in [5.41, 5.74) is 0. The molecule has 0 bridgehead atoms. The van der Waals surface area contributed by atoms with Crippen molar-refractivity contribution in [3.05, 3.63) is 0 Å². The van der Waals surface area contributed by atoms with Gasteiger partial charge in [-0.3, -0.25) is 37.3 Å². The maximum Gasteiger partial charge on any atom is 0.472 e. The first-order valence-corrected chi connectivity index (χ1v) is 40.8. The van der Waals surface area contributed by atoms with Gasteiger partial charge in [-0.25, -0.2) is 9.13 Å². The molecule has 0 aromatic heterocycles. The number of carbonyl (C=O) groups is 4. The predicted molar refractivity (Wildman–Crippen MR) is 372 cm³/mol. The van der Waals surface area contributed by atoms with Gasteiger partial charge in [0.05, 0.1) is 26.4 Å². The van der Waals surface area contributed by atoms with E-state index in [4.69, 9.17) is 37.0 Å². The maximum absolute atomic E-state index is 13.1. The second kappa shape index (κ2) is 62.6. The quantitative estimate of drug-likeness (QED) is 0.0222. The third kappa shape index (κ3) is 64.1. The lowest BCUT2D eigenvalue weighted by molar-refractivity contribution is -0.161. The Kier molecular flexibility index (Phi) is 61.3. The van der Waals surface area contributed by atoms with Crippen molar-refractivity contribution in [2.45, 2.75) is 382 Å². The van der Waals surface area contributed by atoms with Crippen LogP contribution in [0.4, 0.5) is 0 Å². The van der Waals surface area contributed by atoms with E-state index in [1.54, 1.807) is 0 Å². The molecule has 7 atom stereocenters. The highest BCUT2D eigenvalue weighted by atomic mass is 31.2. The van der Waals surface area contributed by atoms with Gasteiger partial charge in [-0.2, -0.15) is 0 Å². The number of phosphoric acid groups is 2. The molecular weight excluding hydrogens is 1210 g/mol. The second-order valence-electron chi connectivity index (χ2n) is 27.8. The molecular formula is C73H142O17P2. The second-order valence-corrected chi connectivity index (χ2v) is 30.7. The fourth-order valence-electron chi connectivity index (χ4n) is 11.0. The zero-order valence-electron chi connectivity index (χ0n) is 60.2. The van der Waals surface area contributed by atoms with Crippen LogP contribution in [0.2, 0.25) is 0 Å². The Morgan fingerprint density at radius 2 is 0.522 bits per heavy atom. The average Bonchev–Trinajstić information content (AvgIpc) is 2.56. The van der Waals surface area contributed by atoms with Gasteiger partial charge in [-0.05, 0) is 49.4 Å². The lowest BCUT2D eigenvalue weighted by Gasteiger charge is -2.21. The van der Waals surface area contributed by atoms with Gasteiger partial charge in [0.1, 0.15) is 19.3 Å². The summed E-state index contributed by atoms with van der Waals surface area (Å²) < 4.78 is 68.3. The van der Waals surface area contributed by atoms with E-state index in [9.17, 15) is 43.2 Å². The van der Waals surface area contributed by atoms with Crippen molar-refractivity contribution in [2.24, 2.45) is 23.7 Å². The van der Waals surface area contributed by atoms with Gasteiger partial charge in [-0.1, -0.05) is 312 Å². The predicted octanol–water partition coefficient (Wildman–Crippen LogP) is 20.9. The standard InChI is InChI=1S/C73H142O17P2/c1-9-65(7)51-43-35-26-22-19-20-23-27-37-45-53-70(75)83-59-68(89-72(77)55-47-39-28-24-18-16-14-12-11-13-15-17-21-25-33-41-49-63(3)4)61-87-91(79,80)85-57-67(74)58-86-92(81,82)88-62-69(90-73(78)56-48-40-31-29-34-42-50-64(5)6)60-84-71(76)54-46-38-32-30-36-44-52-66(8)10-2/h63-69,74H,9-62H2,1-8H3,(H,79,80)(H,81,82)/t65?,66?,67-,68-,69-/m1/s1. The van der Waals surface area contributed by atoms with Crippen molar-refractivity contribution in [1.82, 2.24) is 0 Å². The van der Waals surface area contributed by atoms with E-state index in [2.05, 4.69) is 55.4 Å². The molecule has 0 aliphatic heterocycles. The van der Waals surface area contributed by atoms with Crippen LogP contribution >= 0.6 is 15.6 Å². The van der Waals surface area contributed by atoms with Crippen LogP contribution in [0.3, 0.4) is 0 Å². The molecule has 0 saturated heterocycles. The average molecular weight is 1350 g/mol. The van der Waals surface area contributed by atoms with Gasteiger partial charge in [0, 0.05) is 25.7 Å². The van der Waals surface area contributed by atoms with E-state index < -0.39 is 97.5 Å². The zero-order chi connectivity index (χ0) is 68.2. The van der Waals surface area contributed by atoms with Gasteiger partial charge in [0.15, 0.2) is 12.2 Å². The molecule has 0 aromatic carbocycles. The van der Waals surface area contributed by atoms with Crippen LogP contribution < -0.4 is 0 Å². The molecule has 0 aliphatic rings. The number of hydrogen-bond donors (Lipinski definition) is 3. The number of hydrogen-bond acceptors (Lipinski definition) is 15. The molecule has 19 heteroatoms. The molecule has 0 radical (unpaired) electrons. The lowest BCUT2D eigenvalue weighted by atomic mass is 9.99. The minimum atomic E-state index is -4.96. The first-order valence-electron chi connectivity index (χ1n) is 37.8. The SMILES string of the molecule is CCC(C)CCCCCCCCCCCCC(=O)OC[C@H](COP(=O)(O)OC[C@@H](O)COP(=O)(O)OC[C@@H](COC(=O)CCCCCCCCC(C)CC)OC(=O)CCCCCCCCC(C)C)OC(=O)CCCCCCCCCCCCCCCCCCC(C)C. The molecule has 0 aromatic rings. The van der Waals surface area contributed by atoms with Crippen LogP contribution in [0.25, 0.3) is 0 Å². The van der Waals surface area contributed by atoms with Crippen LogP contribution in [-0.4, -0.2) is 96.7 Å². The van der Waals surface area contributed by atoms with Crippen molar-refractivity contribution >= 4 is 39.5 Å². The molecule has 0 aliphatic carbocycles. The summed E-state index contributed by atoms with van der Waals surface area (Å²) in [6.07, 6.45) is 46.0. The number of unbranched alkanes of at least 4 members (excludes halogenated alkanes) is 34. The van der Waals surface area contributed by atoms with Crippen molar-refractivity contribution < 1.29 is 80.2 Å². The highest BCUT2D eigenvalue weighted by Crippen LogP contribution is 2.45. The number of carbonyl (C=O) groups excluding carboxylic acids is 4. The van der Waals surface area contributed by atoms with Crippen LogP contribution in [0.15, 0.2) is 0 Å². The molecule has 92 heavy (non-hydrogen) atoms. The first kappa shape index (κ1) is 90.1. The van der Waals surface area contributed by atoms with Gasteiger partial charge in [0.25, 0.3) is 0 Å². The minimum Gasteiger partial charge on any atom is -0.462 e. The normalized spacial score (nSPS) is 14.8. The summed E-state index contributed by atoms with van der Waals surface area (Å²) in [6, 6.07) is 0. The maximum atomic E-state index is 13.1. The topological polar surface area (TPSA) is 237 Å². The Hall–Kier alpha value is -1.94. The Labute approximate surface area is 562 Å². The van der Waals surface area contributed by atoms with Crippen LogP contribution in [0, 0.1) is 23.7 Å². The van der Waals surface area contributed by atoms with E-state index in [1.807, 2.05) is 0 Å². The zero-order valence-corrected chi connectivity index (χ0v) is 62.0. The van der Waals surface area contributed by atoms with Crippen LogP contribution in [0.1, 0.15) is 364 Å². The van der Waals surface area contributed by atoms with Crippen LogP contribution in [-0.2, 0) is 65.4 Å². The Balaban J connectivity index is 5.22. The van der Waals surface area contributed by atoms with Gasteiger partial charge >= 0.3 is 39.5 Å². The third-order valence-electron chi connectivity index (χ3n) is 17.5. The first-order chi connectivity index (χ1) is 44.2. The van der Waals surface area contributed by atoms with E-state index in [-0.39, 0.29) is 25.7 Å². The van der Waals surface area contributed by atoms with Crippen LogP contribution in [0.5, 0.6) is 0 Å². The summed E-state index contributed by atoms with van der Waals surface area (Å²) in [4.78, 5) is 72.6. The number of aliphatic hydroxyl groups excluding tert-OH is 1. The largest absolute Gasteiger partial charge is 0.472 e. The van der Waals surface area contributed by atoms with Crippen molar-refractivity contribution in [2.75, 3.05) is 39.6 Å². The highest BCUT2D eigenvalue weighted by Gasteiger charge is 2.30. The Morgan fingerprint density at radius 1 is 0.304 bits per heavy atom.